The van der Waals surface area contributed by atoms with E-state index >= 15 is 0 Å². The average molecular weight is 325 g/mol. The van der Waals surface area contributed by atoms with Gasteiger partial charge in [-0.1, -0.05) is 36.4 Å². The van der Waals surface area contributed by atoms with Crippen molar-refractivity contribution in [3.05, 3.63) is 66.0 Å². The quantitative estimate of drug-likeness (QED) is 0.919. The maximum atomic E-state index is 12.3. The number of carbonyl (C=O) groups is 1. The molecule has 1 saturated heterocycles. The van der Waals surface area contributed by atoms with Gasteiger partial charge < -0.3 is 15.0 Å². The molecule has 5 heteroatoms. The fourth-order valence-electron chi connectivity index (χ4n) is 2.84. The van der Waals surface area contributed by atoms with Crippen LogP contribution in [0.25, 0.3) is 0 Å². The molecule has 0 bridgehead atoms. The topological polar surface area (TPSA) is 54.5 Å². The van der Waals surface area contributed by atoms with E-state index in [0.29, 0.717) is 26.2 Å². The van der Waals surface area contributed by atoms with Gasteiger partial charge in [-0.05, 0) is 30.0 Å². The highest BCUT2D eigenvalue weighted by molar-refractivity contribution is 5.74. The van der Waals surface area contributed by atoms with Gasteiger partial charge >= 0.3 is 6.03 Å². The highest BCUT2D eigenvalue weighted by Gasteiger charge is 2.23. The number of aromatic nitrogens is 1. The summed E-state index contributed by atoms with van der Waals surface area (Å²) in [5.41, 5.74) is 2.30. The Morgan fingerprint density at radius 3 is 2.83 bits per heavy atom. The zero-order chi connectivity index (χ0) is 16.6. The Morgan fingerprint density at radius 1 is 1.21 bits per heavy atom. The number of hydrogen-bond donors (Lipinski definition) is 1. The maximum absolute atomic E-state index is 12.3. The van der Waals surface area contributed by atoms with Crippen LogP contribution < -0.4 is 5.32 Å². The van der Waals surface area contributed by atoms with Gasteiger partial charge in [-0.3, -0.25) is 4.98 Å². The van der Waals surface area contributed by atoms with Crippen molar-refractivity contribution in [1.29, 1.82) is 0 Å². The van der Waals surface area contributed by atoms with Crippen LogP contribution in [0.5, 0.6) is 0 Å². The summed E-state index contributed by atoms with van der Waals surface area (Å²) in [6.45, 7) is 2.38. The molecule has 1 aromatic carbocycles. The van der Waals surface area contributed by atoms with E-state index < -0.39 is 0 Å². The first-order chi connectivity index (χ1) is 11.8. The van der Waals surface area contributed by atoms with Gasteiger partial charge in [-0.15, -0.1) is 0 Å². The molecule has 0 aliphatic carbocycles. The van der Waals surface area contributed by atoms with Crippen LogP contribution in [0.15, 0.2) is 54.9 Å². The van der Waals surface area contributed by atoms with Crippen LogP contribution in [0.3, 0.4) is 0 Å². The molecule has 0 radical (unpaired) electrons. The van der Waals surface area contributed by atoms with Crippen molar-refractivity contribution in [2.24, 2.45) is 0 Å². The van der Waals surface area contributed by atoms with Crippen molar-refractivity contribution >= 4 is 6.03 Å². The Labute approximate surface area is 142 Å². The molecule has 1 aliphatic rings. The minimum atomic E-state index is -0.0353. The first kappa shape index (κ1) is 16.5. The lowest BCUT2D eigenvalue weighted by Crippen LogP contribution is -2.49. The molecular formula is C19H23N3O2. The number of amides is 2. The van der Waals surface area contributed by atoms with Crippen molar-refractivity contribution < 1.29 is 9.53 Å². The van der Waals surface area contributed by atoms with Crippen LogP contribution in [0, 0.1) is 0 Å². The fourth-order valence-corrected chi connectivity index (χ4v) is 2.84. The Balaban J connectivity index is 1.45. The van der Waals surface area contributed by atoms with E-state index in [2.05, 4.69) is 34.6 Å². The minimum Gasteiger partial charge on any atom is -0.375 e. The second-order valence-corrected chi connectivity index (χ2v) is 5.98. The van der Waals surface area contributed by atoms with Gasteiger partial charge in [0.15, 0.2) is 0 Å². The number of morpholine rings is 1. The molecule has 2 aromatic rings. The molecule has 0 spiro atoms. The molecule has 0 saturated carbocycles. The first-order valence-electron chi connectivity index (χ1n) is 8.38. The van der Waals surface area contributed by atoms with E-state index in [-0.39, 0.29) is 12.1 Å². The standard InChI is InChI=1S/C19H23N3O2/c23-19(21-14-17-7-4-10-20-13-17)22-11-12-24-18(15-22)9-8-16-5-2-1-3-6-16/h1-7,10,13,18H,8-9,11-12,14-15H2,(H,21,23)/t18-/m1/s1. The third kappa shape index (κ3) is 4.80. The van der Waals surface area contributed by atoms with Crippen LogP contribution >= 0.6 is 0 Å². The Kier molecular flexibility index (Phi) is 5.80. The van der Waals surface area contributed by atoms with Crippen LogP contribution in [0.1, 0.15) is 17.5 Å². The number of aryl methyl sites for hydroxylation is 1. The van der Waals surface area contributed by atoms with Crippen LogP contribution in [0.2, 0.25) is 0 Å². The van der Waals surface area contributed by atoms with E-state index in [0.717, 1.165) is 18.4 Å². The molecule has 1 atom stereocenters. The van der Waals surface area contributed by atoms with E-state index in [1.54, 1.807) is 12.4 Å². The van der Waals surface area contributed by atoms with Gasteiger partial charge in [0.05, 0.1) is 12.7 Å². The predicted molar refractivity (Wildman–Crippen MR) is 92.5 cm³/mol. The minimum absolute atomic E-state index is 0.0353. The molecule has 2 amide bonds. The fraction of sp³-hybridized carbons (Fsp3) is 0.368. The van der Waals surface area contributed by atoms with Crippen LogP contribution in [-0.4, -0.2) is 41.7 Å². The SMILES string of the molecule is O=C(NCc1cccnc1)N1CCO[C@H](CCc2ccccc2)C1. The van der Waals surface area contributed by atoms with Crippen LogP contribution in [0.4, 0.5) is 4.79 Å². The molecule has 1 aliphatic heterocycles. The monoisotopic (exact) mass is 325 g/mol. The van der Waals surface area contributed by atoms with Gasteiger partial charge in [-0.25, -0.2) is 4.79 Å². The molecule has 24 heavy (non-hydrogen) atoms. The third-order valence-electron chi connectivity index (χ3n) is 4.19. The number of nitrogens with one attached hydrogen (secondary N) is 1. The first-order valence-corrected chi connectivity index (χ1v) is 8.38. The Bertz CT molecular complexity index is 634. The molecule has 1 fully saturated rings. The zero-order valence-corrected chi connectivity index (χ0v) is 13.7. The van der Waals surface area contributed by atoms with Crippen molar-refractivity contribution in [3.8, 4) is 0 Å². The largest absolute Gasteiger partial charge is 0.375 e. The summed E-state index contributed by atoms with van der Waals surface area (Å²) in [5.74, 6) is 0. The van der Waals surface area contributed by atoms with Crippen LogP contribution in [-0.2, 0) is 17.7 Å². The lowest BCUT2D eigenvalue weighted by Gasteiger charge is -2.33. The normalized spacial score (nSPS) is 17.5. The number of ether oxygens (including phenoxy) is 1. The summed E-state index contributed by atoms with van der Waals surface area (Å²) < 4.78 is 5.81. The molecular weight excluding hydrogens is 302 g/mol. The highest BCUT2D eigenvalue weighted by Crippen LogP contribution is 2.13. The van der Waals surface area contributed by atoms with E-state index in [1.165, 1.54) is 5.56 Å². The lowest BCUT2D eigenvalue weighted by molar-refractivity contribution is -0.0176. The molecule has 1 aromatic heterocycles. The van der Waals surface area contributed by atoms with Crippen molar-refractivity contribution in [2.45, 2.75) is 25.5 Å². The number of rotatable bonds is 5. The van der Waals surface area contributed by atoms with E-state index in [4.69, 9.17) is 4.74 Å². The average Bonchev–Trinajstić information content (AvgIpc) is 2.66. The number of hydrogen-bond acceptors (Lipinski definition) is 3. The number of pyridine rings is 1. The molecule has 5 nitrogen and oxygen atoms in total. The molecule has 0 unspecified atom stereocenters. The summed E-state index contributed by atoms with van der Waals surface area (Å²) in [4.78, 5) is 18.2. The summed E-state index contributed by atoms with van der Waals surface area (Å²) >= 11 is 0. The van der Waals surface area contributed by atoms with Crippen molar-refractivity contribution in [2.75, 3.05) is 19.7 Å². The number of nitrogens with zero attached hydrogens (tertiary/aromatic N) is 2. The maximum Gasteiger partial charge on any atom is 0.317 e. The summed E-state index contributed by atoms with van der Waals surface area (Å²) in [6, 6.07) is 14.2. The van der Waals surface area contributed by atoms with Gasteiger partial charge in [0.1, 0.15) is 0 Å². The van der Waals surface area contributed by atoms with Gasteiger partial charge in [0.25, 0.3) is 0 Å². The summed E-state index contributed by atoms with van der Waals surface area (Å²) in [5, 5.41) is 2.95. The molecule has 126 valence electrons. The van der Waals surface area contributed by atoms with Gasteiger partial charge in [-0.2, -0.15) is 0 Å². The number of urea groups is 1. The van der Waals surface area contributed by atoms with Crippen molar-refractivity contribution in [1.82, 2.24) is 15.2 Å². The second-order valence-electron chi connectivity index (χ2n) is 5.98. The number of carbonyl (C=O) groups excluding carboxylic acids is 1. The van der Waals surface area contributed by atoms with E-state index in [1.807, 2.05) is 23.1 Å². The highest BCUT2D eigenvalue weighted by atomic mass is 16.5. The Hall–Kier alpha value is -2.40. The number of benzene rings is 1. The van der Waals surface area contributed by atoms with Crippen molar-refractivity contribution in [3.63, 3.8) is 0 Å². The zero-order valence-electron chi connectivity index (χ0n) is 13.7. The third-order valence-corrected chi connectivity index (χ3v) is 4.19. The summed E-state index contributed by atoms with van der Waals surface area (Å²) in [7, 11) is 0. The second kappa shape index (κ2) is 8.45. The Morgan fingerprint density at radius 2 is 2.04 bits per heavy atom. The molecule has 3 rings (SSSR count). The van der Waals surface area contributed by atoms with Gasteiger partial charge in [0, 0.05) is 32.0 Å². The summed E-state index contributed by atoms with van der Waals surface area (Å²) in [6.07, 6.45) is 5.49. The smallest absolute Gasteiger partial charge is 0.317 e. The molecule has 2 heterocycles. The lowest BCUT2D eigenvalue weighted by atomic mass is 10.1. The molecule has 1 N–H and O–H groups in total. The van der Waals surface area contributed by atoms with E-state index in [9.17, 15) is 4.79 Å². The van der Waals surface area contributed by atoms with Gasteiger partial charge in [0.2, 0.25) is 0 Å². The predicted octanol–water partition coefficient (Wildman–Crippen LogP) is 2.62.